The molecule has 0 radical (unpaired) electrons. The first-order valence-corrected chi connectivity index (χ1v) is 2.70. The highest BCUT2D eigenvalue weighted by molar-refractivity contribution is 5.46. The van der Waals surface area contributed by atoms with Crippen LogP contribution in [0.2, 0.25) is 0 Å². The molecule has 0 saturated heterocycles. The van der Waals surface area contributed by atoms with E-state index in [1.54, 1.807) is 0 Å². The van der Waals surface area contributed by atoms with Gasteiger partial charge in [-0.25, -0.2) is 15.0 Å². The van der Waals surface area contributed by atoms with Gasteiger partial charge in [0.05, 0.1) is 6.20 Å². The van der Waals surface area contributed by atoms with E-state index in [1.165, 1.54) is 18.9 Å². The van der Waals surface area contributed by atoms with Crippen LogP contribution >= 0.6 is 0 Å². The molecule has 0 atom stereocenters. The van der Waals surface area contributed by atoms with Gasteiger partial charge in [-0.1, -0.05) is 0 Å². The van der Waals surface area contributed by atoms with Gasteiger partial charge in [-0.3, -0.25) is 0 Å². The van der Waals surface area contributed by atoms with Crippen molar-refractivity contribution in [3.8, 4) is 11.5 Å². The molecule has 2 rings (SSSR count). The minimum atomic E-state index is 0.574. The topological polar surface area (TPSA) is 64.5 Å². The molecule has 0 aliphatic carbocycles. The molecule has 5 nitrogen and oxygen atoms in total. The summed E-state index contributed by atoms with van der Waals surface area (Å²) in [5.74, 6) is 0.574. The van der Waals surface area contributed by atoms with Gasteiger partial charge >= 0.3 is 0 Å². The standard InChI is InChI=1S/C5H3N5/c1-4-5(7-2-6-4)8-3-10-9-1/h1-3H. The molecular formula is C5H3N5. The number of hydrogen-bond donors (Lipinski definition) is 0. The van der Waals surface area contributed by atoms with E-state index in [1.807, 2.05) is 0 Å². The van der Waals surface area contributed by atoms with Gasteiger partial charge in [-0.15, -0.1) is 5.10 Å². The summed E-state index contributed by atoms with van der Waals surface area (Å²) in [6, 6.07) is 0. The lowest BCUT2D eigenvalue weighted by Crippen LogP contribution is -1.75. The van der Waals surface area contributed by atoms with E-state index in [4.69, 9.17) is 0 Å². The minimum absolute atomic E-state index is 0.574. The highest BCUT2D eigenvalue weighted by Gasteiger charge is 2.02. The Bertz CT molecular complexity index is 281. The Hall–Kier alpha value is -1.65. The van der Waals surface area contributed by atoms with E-state index in [0.29, 0.717) is 11.5 Å². The lowest BCUT2D eigenvalue weighted by Gasteiger charge is -1.78. The molecule has 2 aliphatic rings. The van der Waals surface area contributed by atoms with Crippen LogP contribution in [0, 0.1) is 0 Å². The second kappa shape index (κ2) is 1.94. The Morgan fingerprint density at radius 1 is 0.900 bits per heavy atom. The molecule has 0 saturated carbocycles. The molecule has 2 heterocycles. The number of aromatic nitrogens is 5. The fourth-order valence-electron chi connectivity index (χ4n) is 0.659. The molecule has 0 aromatic rings. The molecule has 0 amide bonds. The molecule has 0 bridgehead atoms. The van der Waals surface area contributed by atoms with Crippen molar-refractivity contribution < 1.29 is 0 Å². The lowest BCUT2D eigenvalue weighted by molar-refractivity contribution is 1.02. The van der Waals surface area contributed by atoms with Crippen LogP contribution < -0.4 is 0 Å². The number of hydrogen-bond acceptors (Lipinski definition) is 5. The summed E-state index contributed by atoms with van der Waals surface area (Å²) in [6.07, 6.45) is 4.31. The van der Waals surface area contributed by atoms with Crippen LogP contribution in [0.25, 0.3) is 11.5 Å². The molecule has 0 spiro atoms. The fraction of sp³-hybridized carbons (Fsp3) is 0. The average molecular weight is 133 g/mol. The normalized spacial score (nSPS) is 10.0. The van der Waals surface area contributed by atoms with E-state index in [2.05, 4.69) is 25.1 Å². The van der Waals surface area contributed by atoms with Crippen molar-refractivity contribution in [1.29, 1.82) is 0 Å². The van der Waals surface area contributed by atoms with Gasteiger partial charge in [0.1, 0.15) is 18.3 Å². The zero-order valence-corrected chi connectivity index (χ0v) is 4.97. The van der Waals surface area contributed by atoms with Crippen molar-refractivity contribution in [1.82, 2.24) is 25.1 Å². The van der Waals surface area contributed by atoms with Crippen molar-refractivity contribution in [3.05, 3.63) is 18.9 Å². The van der Waals surface area contributed by atoms with E-state index >= 15 is 0 Å². The Morgan fingerprint density at radius 3 is 2.80 bits per heavy atom. The predicted octanol–water partition coefficient (Wildman–Crippen LogP) is -0.234. The first-order valence-electron chi connectivity index (χ1n) is 2.70. The van der Waals surface area contributed by atoms with Gasteiger partial charge in [0, 0.05) is 0 Å². The molecule has 2 aliphatic heterocycles. The first kappa shape index (κ1) is 5.16. The smallest absolute Gasteiger partial charge is 0.182 e. The second-order valence-electron chi connectivity index (χ2n) is 1.69. The highest BCUT2D eigenvalue weighted by Crippen LogP contribution is 2.07. The fourth-order valence-corrected chi connectivity index (χ4v) is 0.659. The molecule has 0 aromatic heterocycles. The molecule has 0 aromatic carbocycles. The van der Waals surface area contributed by atoms with Crippen LogP contribution in [-0.2, 0) is 0 Å². The van der Waals surface area contributed by atoms with Gasteiger partial charge < -0.3 is 0 Å². The molecular weight excluding hydrogens is 130 g/mol. The number of fused-ring (bicyclic) bond motifs is 1. The number of rotatable bonds is 0. The van der Waals surface area contributed by atoms with Crippen molar-refractivity contribution >= 4 is 0 Å². The predicted molar refractivity (Wildman–Crippen MR) is 32.0 cm³/mol. The van der Waals surface area contributed by atoms with Crippen molar-refractivity contribution in [2.24, 2.45) is 0 Å². The van der Waals surface area contributed by atoms with Crippen LogP contribution in [0.3, 0.4) is 0 Å². The van der Waals surface area contributed by atoms with Crippen molar-refractivity contribution in [2.45, 2.75) is 0 Å². The summed E-state index contributed by atoms with van der Waals surface area (Å²) >= 11 is 0. The molecule has 0 fully saturated rings. The third-order valence-corrected chi connectivity index (χ3v) is 1.08. The summed E-state index contributed by atoms with van der Waals surface area (Å²) < 4.78 is 0. The zero-order valence-electron chi connectivity index (χ0n) is 4.97. The maximum Gasteiger partial charge on any atom is 0.182 e. The van der Waals surface area contributed by atoms with Crippen LogP contribution in [0.1, 0.15) is 0 Å². The van der Waals surface area contributed by atoms with Crippen LogP contribution in [-0.4, -0.2) is 25.1 Å². The molecule has 10 heavy (non-hydrogen) atoms. The third-order valence-electron chi connectivity index (χ3n) is 1.08. The van der Waals surface area contributed by atoms with Crippen LogP contribution in [0.4, 0.5) is 0 Å². The quantitative estimate of drug-likeness (QED) is 0.496. The summed E-state index contributed by atoms with van der Waals surface area (Å²) in [6.45, 7) is 0. The zero-order chi connectivity index (χ0) is 6.81. The second-order valence-corrected chi connectivity index (χ2v) is 1.69. The molecule has 0 N–H and O–H groups in total. The first-order chi connectivity index (χ1) is 4.97. The lowest BCUT2D eigenvalue weighted by atomic mass is 10.5. The summed E-state index contributed by atoms with van der Waals surface area (Å²) in [5, 5.41) is 7.19. The number of nitrogens with zero attached hydrogens (tertiary/aromatic N) is 5. The number of imidazole rings is 1. The maximum absolute atomic E-state index is 3.88. The average Bonchev–Trinajstić information content (AvgIpc) is 2.28. The van der Waals surface area contributed by atoms with Crippen molar-refractivity contribution in [3.63, 3.8) is 0 Å². The van der Waals surface area contributed by atoms with Gasteiger partial charge in [0.15, 0.2) is 5.82 Å². The van der Waals surface area contributed by atoms with Crippen LogP contribution in [0.5, 0.6) is 0 Å². The Morgan fingerprint density at radius 2 is 1.80 bits per heavy atom. The third kappa shape index (κ3) is 0.680. The highest BCUT2D eigenvalue weighted by atomic mass is 15.1. The summed E-state index contributed by atoms with van der Waals surface area (Å²) in [4.78, 5) is 11.6. The molecule has 5 heteroatoms. The summed E-state index contributed by atoms with van der Waals surface area (Å²) in [5.41, 5.74) is 0.664. The minimum Gasteiger partial charge on any atom is -0.231 e. The summed E-state index contributed by atoms with van der Waals surface area (Å²) in [7, 11) is 0. The van der Waals surface area contributed by atoms with Gasteiger partial charge in [-0.05, 0) is 0 Å². The Kier molecular flexibility index (Phi) is 1.00. The van der Waals surface area contributed by atoms with E-state index in [-0.39, 0.29) is 0 Å². The monoisotopic (exact) mass is 133 g/mol. The van der Waals surface area contributed by atoms with E-state index < -0.39 is 0 Å². The Balaban J connectivity index is 2.74. The molecule has 48 valence electrons. The van der Waals surface area contributed by atoms with Gasteiger partial charge in [0.25, 0.3) is 0 Å². The maximum atomic E-state index is 3.88. The van der Waals surface area contributed by atoms with Gasteiger partial charge in [0.2, 0.25) is 0 Å². The van der Waals surface area contributed by atoms with E-state index in [9.17, 15) is 0 Å². The van der Waals surface area contributed by atoms with Gasteiger partial charge in [-0.2, -0.15) is 5.10 Å². The van der Waals surface area contributed by atoms with Crippen LogP contribution in [0.15, 0.2) is 18.9 Å². The van der Waals surface area contributed by atoms with Crippen molar-refractivity contribution in [2.75, 3.05) is 0 Å². The Labute approximate surface area is 56.5 Å². The van der Waals surface area contributed by atoms with E-state index in [0.717, 1.165) is 0 Å². The SMILES string of the molecule is c1nncc2ncnc-2n1. The largest absolute Gasteiger partial charge is 0.231 e. The molecule has 0 unspecified atom stereocenters.